The van der Waals surface area contributed by atoms with E-state index in [9.17, 15) is 0 Å². The summed E-state index contributed by atoms with van der Waals surface area (Å²) in [6.07, 6.45) is 0. The van der Waals surface area contributed by atoms with Crippen LogP contribution in [0.1, 0.15) is 0 Å². The van der Waals surface area contributed by atoms with E-state index in [4.69, 9.17) is 0 Å². The van der Waals surface area contributed by atoms with Crippen LogP contribution in [0.4, 0.5) is 17.1 Å². The summed E-state index contributed by atoms with van der Waals surface area (Å²) >= 11 is 0. The minimum atomic E-state index is 1.08. The topological polar surface area (TPSA) is 17.9 Å². The van der Waals surface area contributed by atoms with E-state index in [0.717, 1.165) is 17.1 Å². The smallest absolute Gasteiger partial charge is 0.175 e. The van der Waals surface area contributed by atoms with Crippen LogP contribution in [-0.4, -0.2) is 0 Å². The lowest BCUT2D eigenvalue weighted by atomic mass is 10.1. The molecule has 4 aromatic rings. The normalized spacial score (nSPS) is 10.9. The van der Waals surface area contributed by atoms with Gasteiger partial charge in [-0.25, -0.2) is 0 Å². The van der Waals surface area contributed by atoms with E-state index in [1.807, 2.05) is 12.1 Å². The SMILES string of the molecule is c1ccc([N+](Nc2cccc3ccccc23)c2ccccc2)cc1. The number of benzene rings is 4. The largest absolute Gasteiger partial charge is 0.216 e. The summed E-state index contributed by atoms with van der Waals surface area (Å²) in [6, 6.07) is 35.4. The second-order valence-electron chi connectivity index (χ2n) is 5.65. The first kappa shape index (κ1) is 14.5. The van der Waals surface area contributed by atoms with Crippen LogP contribution in [0.5, 0.6) is 0 Å². The van der Waals surface area contributed by atoms with Crippen molar-refractivity contribution in [2.24, 2.45) is 0 Å². The highest BCUT2D eigenvalue weighted by atomic mass is 15.5. The molecule has 0 saturated heterocycles. The van der Waals surface area contributed by atoms with Crippen LogP contribution in [-0.2, 0) is 0 Å². The standard InChI is InChI=1S/C22H18N2/c1-3-12-19(13-4-1)24(20-14-5-2-6-15-20)23-22-17-9-11-18-10-7-8-16-21(18)22/h1-17,23H/q+1. The van der Waals surface area contributed by atoms with Crippen LogP contribution < -0.4 is 10.4 Å². The molecule has 0 atom stereocenters. The molecule has 0 aliphatic heterocycles. The average Bonchev–Trinajstić information content (AvgIpc) is 2.67. The van der Waals surface area contributed by atoms with Gasteiger partial charge in [0.05, 0.1) is 5.69 Å². The Morgan fingerprint density at radius 2 is 1.04 bits per heavy atom. The Hall–Kier alpha value is -3.10. The molecular formula is C22H18N2+. The highest BCUT2D eigenvalue weighted by Gasteiger charge is 2.23. The van der Waals surface area contributed by atoms with Crippen LogP contribution in [0.3, 0.4) is 0 Å². The third-order valence-electron chi connectivity index (χ3n) is 4.05. The second kappa shape index (κ2) is 6.57. The molecule has 1 radical (unpaired) electrons. The molecule has 4 rings (SSSR count). The molecule has 115 valence electrons. The van der Waals surface area contributed by atoms with Gasteiger partial charge in [-0.15, -0.1) is 0 Å². The van der Waals surface area contributed by atoms with Gasteiger partial charge in [0.25, 0.3) is 0 Å². The molecule has 0 unspecified atom stereocenters. The quantitative estimate of drug-likeness (QED) is 0.363. The van der Waals surface area contributed by atoms with Gasteiger partial charge in [-0.3, -0.25) is 0 Å². The molecule has 0 bridgehead atoms. The summed E-state index contributed by atoms with van der Waals surface area (Å²) in [5.41, 5.74) is 6.86. The fourth-order valence-electron chi connectivity index (χ4n) is 2.88. The summed E-state index contributed by atoms with van der Waals surface area (Å²) in [4.78, 5) is 0. The van der Waals surface area contributed by atoms with Crippen molar-refractivity contribution < 1.29 is 0 Å². The summed E-state index contributed by atoms with van der Waals surface area (Å²) < 4.78 is 0. The number of fused-ring (bicyclic) bond motifs is 1. The van der Waals surface area contributed by atoms with Crippen LogP contribution in [0.2, 0.25) is 0 Å². The second-order valence-corrected chi connectivity index (χ2v) is 5.65. The molecule has 0 aromatic heterocycles. The maximum atomic E-state index is 3.59. The molecule has 0 fully saturated rings. The molecule has 0 heterocycles. The van der Waals surface area contributed by atoms with Crippen molar-refractivity contribution in [1.82, 2.24) is 5.01 Å². The lowest BCUT2D eigenvalue weighted by Crippen LogP contribution is -2.25. The molecule has 0 aliphatic rings. The van der Waals surface area contributed by atoms with Crippen molar-refractivity contribution in [1.29, 1.82) is 0 Å². The summed E-state index contributed by atoms with van der Waals surface area (Å²) in [7, 11) is 0. The van der Waals surface area contributed by atoms with Crippen molar-refractivity contribution >= 4 is 27.8 Å². The maximum Gasteiger partial charge on any atom is 0.216 e. The zero-order chi connectivity index (χ0) is 16.2. The first-order valence-corrected chi connectivity index (χ1v) is 8.06. The van der Waals surface area contributed by atoms with Crippen molar-refractivity contribution in [3.63, 3.8) is 0 Å². The van der Waals surface area contributed by atoms with Gasteiger partial charge in [-0.1, -0.05) is 72.8 Å². The predicted octanol–water partition coefficient (Wildman–Crippen LogP) is 5.97. The third-order valence-corrected chi connectivity index (χ3v) is 4.05. The Labute approximate surface area is 142 Å². The van der Waals surface area contributed by atoms with E-state index in [0.29, 0.717) is 0 Å². The van der Waals surface area contributed by atoms with Gasteiger partial charge in [-0.05, 0) is 11.5 Å². The Kier molecular flexibility index (Phi) is 3.96. The molecule has 2 heteroatoms. The van der Waals surface area contributed by atoms with Crippen molar-refractivity contribution in [2.75, 3.05) is 5.43 Å². The number of hydrazine groups is 1. The van der Waals surface area contributed by atoms with Crippen LogP contribution >= 0.6 is 0 Å². The molecule has 0 spiro atoms. The minimum Gasteiger partial charge on any atom is -0.175 e. The van der Waals surface area contributed by atoms with Gasteiger partial charge in [0, 0.05) is 34.7 Å². The van der Waals surface area contributed by atoms with Crippen molar-refractivity contribution in [2.45, 2.75) is 0 Å². The van der Waals surface area contributed by atoms with E-state index in [1.165, 1.54) is 10.8 Å². The van der Waals surface area contributed by atoms with Crippen molar-refractivity contribution in [3.05, 3.63) is 103 Å². The summed E-state index contributed by atoms with van der Waals surface area (Å²) in [5, 5.41) is 4.54. The Morgan fingerprint density at radius 1 is 0.500 bits per heavy atom. The molecule has 24 heavy (non-hydrogen) atoms. The highest BCUT2D eigenvalue weighted by Crippen LogP contribution is 2.29. The molecule has 1 N–H and O–H groups in total. The molecule has 2 nitrogen and oxygen atoms in total. The van der Waals surface area contributed by atoms with E-state index in [1.54, 1.807) is 0 Å². The van der Waals surface area contributed by atoms with Crippen LogP contribution in [0.25, 0.3) is 10.8 Å². The van der Waals surface area contributed by atoms with Gasteiger partial charge in [0.15, 0.2) is 0 Å². The van der Waals surface area contributed by atoms with Gasteiger partial charge in [0.2, 0.25) is 11.4 Å². The molecule has 0 aliphatic carbocycles. The monoisotopic (exact) mass is 310 g/mol. The van der Waals surface area contributed by atoms with E-state index < -0.39 is 0 Å². The van der Waals surface area contributed by atoms with Gasteiger partial charge in [0.1, 0.15) is 0 Å². The third kappa shape index (κ3) is 2.87. The van der Waals surface area contributed by atoms with E-state index in [2.05, 4.69) is 101 Å². The molecular weight excluding hydrogens is 292 g/mol. The summed E-state index contributed by atoms with van der Waals surface area (Å²) in [5.74, 6) is 0. The minimum absolute atomic E-state index is 1.08. The fourth-order valence-corrected chi connectivity index (χ4v) is 2.88. The van der Waals surface area contributed by atoms with Crippen LogP contribution in [0, 0.1) is 0 Å². The van der Waals surface area contributed by atoms with E-state index in [-0.39, 0.29) is 0 Å². The lowest BCUT2D eigenvalue weighted by molar-refractivity contribution is 0.824. The zero-order valence-corrected chi connectivity index (χ0v) is 13.3. The maximum absolute atomic E-state index is 3.59. The average molecular weight is 310 g/mol. The first-order chi connectivity index (χ1) is 11.9. The van der Waals surface area contributed by atoms with Gasteiger partial charge < -0.3 is 0 Å². The fraction of sp³-hybridized carbons (Fsp3) is 0. The number of para-hydroxylation sites is 2. The first-order valence-electron chi connectivity index (χ1n) is 8.06. The number of nitrogens with zero attached hydrogens (tertiary/aromatic N) is 1. The van der Waals surface area contributed by atoms with Gasteiger partial charge in [-0.2, -0.15) is 5.43 Å². The Balaban J connectivity index is 1.80. The molecule has 0 amide bonds. The Bertz CT molecular complexity index is 889. The van der Waals surface area contributed by atoms with E-state index >= 15 is 0 Å². The summed E-state index contributed by atoms with van der Waals surface area (Å²) in [6.45, 7) is 0. The van der Waals surface area contributed by atoms with Crippen LogP contribution in [0.15, 0.2) is 103 Å². The molecule has 0 saturated carbocycles. The molecule has 4 aromatic carbocycles. The Morgan fingerprint density at radius 3 is 1.71 bits per heavy atom. The number of hydrogen-bond donors (Lipinski definition) is 1. The highest BCUT2D eigenvalue weighted by molar-refractivity contribution is 5.94. The number of hydrogen-bond acceptors (Lipinski definition) is 2. The lowest BCUT2D eigenvalue weighted by Gasteiger charge is -2.13. The number of nitrogens with one attached hydrogen (secondary N) is 1. The number of anilines is 3. The van der Waals surface area contributed by atoms with Gasteiger partial charge >= 0.3 is 0 Å². The predicted molar refractivity (Wildman–Crippen MR) is 102 cm³/mol. The van der Waals surface area contributed by atoms with Crippen molar-refractivity contribution in [3.8, 4) is 0 Å². The number of rotatable bonds is 4. The zero-order valence-electron chi connectivity index (χ0n) is 13.3.